The lowest BCUT2D eigenvalue weighted by atomic mass is 10.0. The normalized spacial score (nSPS) is 25.8. The summed E-state index contributed by atoms with van der Waals surface area (Å²) in [5.74, 6) is 0.226. The SMILES string of the molecule is CC1CC(C(=O)c2scc(Br)c2Br)CO1. The number of hydrogen-bond donors (Lipinski definition) is 0. The maximum absolute atomic E-state index is 12.1. The van der Waals surface area contributed by atoms with Crippen LogP contribution in [0.3, 0.4) is 0 Å². The first-order valence-electron chi connectivity index (χ1n) is 4.68. The van der Waals surface area contributed by atoms with Crippen LogP contribution in [0.2, 0.25) is 0 Å². The van der Waals surface area contributed by atoms with Crippen molar-refractivity contribution in [3.05, 3.63) is 19.2 Å². The lowest BCUT2D eigenvalue weighted by Crippen LogP contribution is -2.13. The van der Waals surface area contributed by atoms with Gasteiger partial charge in [-0.3, -0.25) is 4.79 Å². The molecule has 1 aromatic heterocycles. The number of rotatable bonds is 2. The molecular formula is C10H10Br2O2S. The van der Waals surface area contributed by atoms with E-state index < -0.39 is 0 Å². The fourth-order valence-electron chi connectivity index (χ4n) is 1.67. The predicted molar refractivity (Wildman–Crippen MR) is 67.6 cm³/mol. The molecule has 2 nitrogen and oxygen atoms in total. The van der Waals surface area contributed by atoms with Crippen molar-refractivity contribution in [2.24, 2.45) is 5.92 Å². The van der Waals surface area contributed by atoms with Crippen molar-refractivity contribution in [2.45, 2.75) is 19.4 Å². The smallest absolute Gasteiger partial charge is 0.179 e. The Balaban J connectivity index is 2.18. The second-order valence-electron chi connectivity index (χ2n) is 3.67. The molecule has 0 aromatic carbocycles. The molecule has 0 amide bonds. The molecule has 1 aliphatic rings. The minimum Gasteiger partial charge on any atom is -0.378 e. The van der Waals surface area contributed by atoms with Crippen molar-refractivity contribution in [3.8, 4) is 0 Å². The van der Waals surface area contributed by atoms with Gasteiger partial charge in [0, 0.05) is 15.8 Å². The van der Waals surface area contributed by atoms with Crippen LogP contribution in [-0.2, 0) is 4.74 Å². The summed E-state index contributed by atoms with van der Waals surface area (Å²) in [6.45, 7) is 2.56. The van der Waals surface area contributed by atoms with Crippen LogP contribution in [-0.4, -0.2) is 18.5 Å². The molecule has 2 rings (SSSR count). The first kappa shape index (κ1) is 11.8. The van der Waals surface area contributed by atoms with Gasteiger partial charge in [0.05, 0.1) is 22.1 Å². The molecule has 5 heteroatoms. The van der Waals surface area contributed by atoms with E-state index in [4.69, 9.17) is 4.74 Å². The molecule has 0 spiro atoms. The maximum Gasteiger partial charge on any atom is 0.179 e. The molecule has 0 radical (unpaired) electrons. The van der Waals surface area contributed by atoms with Crippen molar-refractivity contribution in [2.75, 3.05) is 6.61 Å². The van der Waals surface area contributed by atoms with Gasteiger partial charge in [-0.25, -0.2) is 0 Å². The third-order valence-electron chi connectivity index (χ3n) is 2.48. The number of ketones is 1. The Labute approximate surface area is 109 Å². The van der Waals surface area contributed by atoms with E-state index in [0.29, 0.717) is 6.61 Å². The van der Waals surface area contributed by atoms with Crippen LogP contribution in [0.25, 0.3) is 0 Å². The second kappa shape index (κ2) is 4.65. The fourth-order valence-corrected chi connectivity index (χ4v) is 3.86. The lowest BCUT2D eigenvalue weighted by molar-refractivity contribution is 0.0881. The van der Waals surface area contributed by atoms with Gasteiger partial charge in [-0.2, -0.15) is 0 Å². The number of carbonyl (C=O) groups is 1. The topological polar surface area (TPSA) is 26.3 Å². The summed E-state index contributed by atoms with van der Waals surface area (Å²) in [5, 5.41) is 1.93. The summed E-state index contributed by atoms with van der Waals surface area (Å²) in [4.78, 5) is 12.9. The predicted octanol–water partition coefficient (Wildman–Crippen LogP) is 3.88. The van der Waals surface area contributed by atoms with Gasteiger partial charge in [0.2, 0.25) is 0 Å². The van der Waals surface area contributed by atoms with E-state index in [-0.39, 0.29) is 17.8 Å². The first-order valence-corrected chi connectivity index (χ1v) is 7.14. The van der Waals surface area contributed by atoms with Gasteiger partial charge < -0.3 is 4.74 Å². The molecule has 0 saturated carbocycles. The summed E-state index contributed by atoms with van der Waals surface area (Å²) < 4.78 is 7.23. The van der Waals surface area contributed by atoms with E-state index in [2.05, 4.69) is 31.9 Å². The van der Waals surface area contributed by atoms with Crippen molar-refractivity contribution in [1.82, 2.24) is 0 Å². The lowest BCUT2D eigenvalue weighted by Gasteiger charge is -2.04. The number of thiophene rings is 1. The summed E-state index contributed by atoms with van der Waals surface area (Å²) in [6.07, 6.45) is 1.04. The average molecular weight is 354 g/mol. The van der Waals surface area contributed by atoms with Crippen molar-refractivity contribution < 1.29 is 9.53 Å². The zero-order chi connectivity index (χ0) is 11.0. The average Bonchev–Trinajstić information content (AvgIpc) is 2.75. The van der Waals surface area contributed by atoms with E-state index in [0.717, 1.165) is 20.2 Å². The Morgan fingerprint density at radius 1 is 1.60 bits per heavy atom. The molecular weight excluding hydrogens is 344 g/mol. The Bertz CT molecular complexity index is 389. The minimum absolute atomic E-state index is 0.0295. The van der Waals surface area contributed by atoms with Crippen LogP contribution >= 0.6 is 43.2 Å². The highest BCUT2D eigenvalue weighted by atomic mass is 79.9. The van der Waals surface area contributed by atoms with Gasteiger partial charge in [0.25, 0.3) is 0 Å². The first-order chi connectivity index (χ1) is 7.09. The van der Waals surface area contributed by atoms with Gasteiger partial charge in [0.15, 0.2) is 5.78 Å². The van der Waals surface area contributed by atoms with Gasteiger partial charge in [-0.15, -0.1) is 11.3 Å². The van der Waals surface area contributed by atoms with E-state index in [9.17, 15) is 4.79 Å². The molecule has 1 fully saturated rings. The molecule has 15 heavy (non-hydrogen) atoms. The molecule has 1 aliphatic heterocycles. The van der Waals surface area contributed by atoms with Gasteiger partial charge in [-0.05, 0) is 45.2 Å². The second-order valence-corrected chi connectivity index (χ2v) is 6.19. The van der Waals surface area contributed by atoms with Crippen LogP contribution < -0.4 is 0 Å². The Hall–Kier alpha value is 0.290. The summed E-state index contributed by atoms with van der Waals surface area (Å²) in [7, 11) is 0. The van der Waals surface area contributed by atoms with E-state index in [1.807, 2.05) is 12.3 Å². The van der Waals surface area contributed by atoms with Crippen LogP contribution in [0, 0.1) is 5.92 Å². The van der Waals surface area contributed by atoms with E-state index in [1.165, 1.54) is 11.3 Å². The minimum atomic E-state index is 0.0295. The molecule has 2 unspecified atom stereocenters. The standard InChI is InChI=1S/C10H10Br2O2S/c1-5-2-6(3-14-5)9(13)10-8(12)7(11)4-15-10/h4-6H,2-3H2,1H3. The van der Waals surface area contributed by atoms with Gasteiger partial charge in [0.1, 0.15) is 0 Å². The zero-order valence-corrected chi connectivity index (χ0v) is 12.1. The molecule has 0 N–H and O–H groups in total. The molecule has 82 valence electrons. The third-order valence-corrected chi connectivity index (χ3v) is 6.02. The van der Waals surface area contributed by atoms with Crippen LogP contribution in [0.4, 0.5) is 0 Å². The highest BCUT2D eigenvalue weighted by Crippen LogP contribution is 2.35. The monoisotopic (exact) mass is 352 g/mol. The highest BCUT2D eigenvalue weighted by molar-refractivity contribution is 9.13. The quantitative estimate of drug-likeness (QED) is 0.754. The Kier molecular flexibility index (Phi) is 3.65. The summed E-state index contributed by atoms with van der Waals surface area (Å²) in [5.41, 5.74) is 0. The molecule has 0 bridgehead atoms. The van der Waals surface area contributed by atoms with Crippen molar-refractivity contribution in [1.29, 1.82) is 0 Å². The van der Waals surface area contributed by atoms with E-state index in [1.54, 1.807) is 0 Å². The number of carbonyl (C=O) groups excluding carboxylic acids is 1. The number of Topliss-reactive ketones (excluding diaryl/α,β-unsaturated/α-hetero) is 1. The van der Waals surface area contributed by atoms with Crippen LogP contribution in [0.1, 0.15) is 23.0 Å². The number of halogens is 2. The summed E-state index contributed by atoms with van der Waals surface area (Å²) in [6, 6.07) is 0. The van der Waals surface area contributed by atoms with E-state index >= 15 is 0 Å². The molecule has 1 saturated heterocycles. The Morgan fingerprint density at radius 2 is 2.33 bits per heavy atom. The maximum atomic E-state index is 12.1. The summed E-state index contributed by atoms with van der Waals surface area (Å²) >= 11 is 8.27. The molecule has 1 aromatic rings. The van der Waals surface area contributed by atoms with Crippen LogP contribution in [0.5, 0.6) is 0 Å². The van der Waals surface area contributed by atoms with Crippen molar-refractivity contribution in [3.63, 3.8) is 0 Å². The largest absolute Gasteiger partial charge is 0.378 e. The third kappa shape index (κ3) is 2.35. The van der Waals surface area contributed by atoms with Crippen LogP contribution in [0.15, 0.2) is 14.3 Å². The highest BCUT2D eigenvalue weighted by Gasteiger charge is 2.31. The molecule has 2 atom stereocenters. The molecule has 2 heterocycles. The fraction of sp³-hybridized carbons (Fsp3) is 0.500. The van der Waals surface area contributed by atoms with Gasteiger partial charge >= 0.3 is 0 Å². The van der Waals surface area contributed by atoms with Gasteiger partial charge in [-0.1, -0.05) is 0 Å². The molecule has 0 aliphatic carbocycles. The number of ether oxygens (including phenoxy) is 1. The zero-order valence-electron chi connectivity index (χ0n) is 8.13. The number of hydrogen-bond acceptors (Lipinski definition) is 3. The van der Waals surface area contributed by atoms with Crippen molar-refractivity contribution >= 4 is 49.0 Å². The Morgan fingerprint density at radius 3 is 2.80 bits per heavy atom.